The zero-order chi connectivity index (χ0) is 20.1. The van der Waals surface area contributed by atoms with Gasteiger partial charge in [0, 0.05) is 50.0 Å². The summed E-state index contributed by atoms with van der Waals surface area (Å²) in [5.41, 5.74) is 2.20. The Balaban J connectivity index is 1.74. The van der Waals surface area contributed by atoms with E-state index in [0.29, 0.717) is 0 Å². The highest BCUT2D eigenvalue weighted by Gasteiger charge is 2.20. The van der Waals surface area contributed by atoms with E-state index >= 15 is 0 Å². The van der Waals surface area contributed by atoms with Crippen LogP contribution < -0.4 is 9.80 Å². The minimum absolute atomic E-state index is 0.783. The fraction of sp³-hybridized carbons (Fsp3) is 0.333. The number of anilines is 3. The van der Waals surface area contributed by atoms with Gasteiger partial charge in [0.25, 0.3) is 0 Å². The molecule has 0 unspecified atom stereocenters. The number of aromatic nitrogens is 2. The van der Waals surface area contributed by atoms with Gasteiger partial charge in [0.1, 0.15) is 11.6 Å². The van der Waals surface area contributed by atoms with Crippen molar-refractivity contribution >= 4 is 17.3 Å². The minimum Gasteiger partial charge on any atom is -0.354 e. The van der Waals surface area contributed by atoms with Crippen molar-refractivity contribution in [2.75, 3.05) is 49.1 Å². The maximum Gasteiger partial charge on any atom is 0.163 e. The van der Waals surface area contributed by atoms with Crippen molar-refractivity contribution in [3.8, 4) is 11.4 Å². The van der Waals surface area contributed by atoms with Crippen LogP contribution in [-0.2, 0) is 0 Å². The first kappa shape index (κ1) is 19.4. The Hall–Kier alpha value is -2.92. The first-order valence-corrected chi connectivity index (χ1v) is 10.5. The van der Waals surface area contributed by atoms with E-state index in [1.807, 2.05) is 24.3 Å². The highest BCUT2D eigenvalue weighted by atomic mass is 15.3. The highest BCUT2D eigenvalue weighted by Crippen LogP contribution is 2.29. The maximum absolute atomic E-state index is 4.96. The summed E-state index contributed by atoms with van der Waals surface area (Å²) in [5, 5.41) is 0. The molecule has 1 aliphatic rings. The Kier molecular flexibility index (Phi) is 6.06. The van der Waals surface area contributed by atoms with Crippen LogP contribution in [0.15, 0.2) is 66.7 Å². The standard InChI is InChI=1S/C24H29N5/c1-3-27-15-17-28(18-16-27)22-19-23(29(4-2)21-13-9-6-10-14-21)26-24(25-22)20-11-7-5-8-12-20/h5-14,19H,3-4,15-18H2,1-2H3. The number of hydrogen-bond donors (Lipinski definition) is 0. The van der Waals surface area contributed by atoms with E-state index in [9.17, 15) is 0 Å². The minimum atomic E-state index is 0.783. The van der Waals surface area contributed by atoms with Crippen LogP contribution >= 0.6 is 0 Å². The molecule has 0 spiro atoms. The Bertz CT molecular complexity index is 905. The Morgan fingerprint density at radius 1 is 0.828 bits per heavy atom. The molecule has 0 N–H and O–H groups in total. The second kappa shape index (κ2) is 9.05. The van der Waals surface area contributed by atoms with E-state index in [0.717, 1.165) is 68.0 Å². The molecule has 0 aliphatic carbocycles. The molecular weight excluding hydrogens is 358 g/mol. The third kappa shape index (κ3) is 4.40. The van der Waals surface area contributed by atoms with Gasteiger partial charge in [-0.3, -0.25) is 0 Å². The van der Waals surface area contributed by atoms with Crippen LogP contribution in [0.1, 0.15) is 13.8 Å². The van der Waals surface area contributed by atoms with Crippen LogP contribution in [0.3, 0.4) is 0 Å². The van der Waals surface area contributed by atoms with E-state index in [-0.39, 0.29) is 0 Å². The predicted molar refractivity (Wildman–Crippen MR) is 121 cm³/mol. The van der Waals surface area contributed by atoms with Gasteiger partial charge in [0.05, 0.1) is 0 Å². The van der Waals surface area contributed by atoms with Crippen LogP contribution in [0.25, 0.3) is 11.4 Å². The lowest BCUT2D eigenvalue weighted by atomic mass is 10.2. The van der Waals surface area contributed by atoms with Crippen LogP contribution in [0.2, 0.25) is 0 Å². The molecule has 1 fully saturated rings. The molecule has 150 valence electrons. The third-order valence-electron chi connectivity index (χ3n) is 5.54. The van der Waals surface area contributed by atoms with Crippen molar-refractivity contribution in [3.05, 3.63) is 66.7 Å². The quantitative estimate of drug-likeness (QED) is 0.625. The molecule has 0 saturated carbocycles. The molecule has 0 radical (unpaired) electrons. The average molecular weight is 388 g/mol. The van der Waals surface area contributed by atoms with Gasteiger partial charge in [0.2, 0.25) is 0 Å². The fourth-order valence-electron chi connectivity index (χ4n) is 3.82. The summed E-state index contributed by atoms with van der Waals surface area (Å²) in [5.74, 6) is 2.74. The lowest BCUT2D eigenvalue weighted by Crippen LogP contribution is -2.46. The number of piperazine rings is 1. The summed E-state index contributed by atoms with van der Waals surface area (Å²) in [6, 6.07) is 22.9. The van der Waals surface area contributed by atoms with Gasteiger partial charge in [-0.2, -0.15) is 0 Å². The SMILES string of the molecule is CCN1CCN(c2cc(N(CC)c3ccccc3)nc(-c3ccccc3)n2)CC1. The van der Waals surface area contributed by atoms with Crippen molar-refractivity contribution in [1.29, 1.82) is 0 Å². The lowest BCUT2D eigenvalue weighted by Gasteiger charge is -2.35. The van der Waals surface area contributed by atoms with Gasteiger partial charge in [0.15, 0.2) is 5.82 Å². The molecule has 29 heavy (non-hydrogen) atoms. The maximum atomic E-state index is 4.96. The number of nitrogens with zero attached hydrogens (tertiary/aromatic N) is 5. The Morgan fingerprint density at radius 2 is 1.48 bits per heavy atom. The molecule has 2 aromatic carbocycles. The van der Waals surface area contributed by atoms with Crippen molar-refractivity contribution in [1.82, 2.24) is 14.9 Å². The number of rotatable bonds is 6. The van der Waals surface area contributed by atoms with E-state index in [1.54, 1.807) is 0 Å². The molecule has 0 amide bonds. The van der Waals surface area contributed by atoms with Crippen molar-refractivity contribution in [3.63, 3.8) is 0 Å². The largest absolute Gasteiger partial charge is 0.354 e. The normalized spacial score (nSPS) is 14.8. The van der Waals surface area contributed by atoms with E-state index in [4.69, 9.17) is 9.97 Å². The summed E-state index contributed by atoms with van der Waals surface area (Å²) in [4.78, 5) is 17.0. The number of para-hydroxylation sites is 1. The molecule has 0 bridgehead atoms. The zero-order valence-electron chi connectivity index (χ0n) is 17.3. The molecule has 2 heterocycles. The summed E-state index contributed by atoms with van der Waals surface area (Å²) < 4.78 is 0. The molecule has 3 aromatic rings. The topological polar surface area (TPSA) is 35.5 Å². The second-order valence-corrected chi connectivity index (χ2v) is 7.28. The van der Waals surface area contributed by atoms with Crippen molar-refractivity contribution in [2.24, 2.45) is 0 Å². The molecule has 5 nitrogen and oxygen atoms in total. The summed E-state index contributed by atoms with van der Waals surface area (Å²) in [6.45, 7) is 10.5. The average Bonchev–Trinajstić information content (AvgIpc) is 2.81. The third-order valence-corrected chi connectivity index (χ3v) is 5.54. The summed E-state index contributed by atoms with van der Waals surface area (Å²) in [7, 11) is 0. The number of benzene rings is 2. The van der Waals surface area contributed by atoms with E-state index < -0.39 is 0 Å². The van der Waals surface area contributed by atoms with Crippen LogP contribution in [0.5, 0.6) is 0 Å². The Labute approximate surface area is 173 Å². The number of likely N-dealkylation sites (N-methyl/N-ethyl adjacent to an activating group) is 1. The smallest absolute Gasteiger partial charge is 0.163 e. The van der Waals surface area contributed by atoms with Crippen LogP contribution in [0.4, 0.5) is 17.3 Å². The van der Waals surface area contributed by atoms with Crippen LogP contribution in [-0.4, -0.2) is 54.1 Å². The van der Waals surface area contributed by atoms with Crippen molar-refractivity contribution < 1.29 is 0 Å². The molecule has 4 rings (SSSR count). The van der Waals surface area contributed by atoms with Gasteiger partial charge in [-0.15, -0.1) is 0 Å². The second-order valence-electron chi connectivity index (χ2n) is 7.28. The fourth-order valence-corrected chi connectivity index (χ4v) is 3.82. The molecule has 1 saturated heterocycles. The number of hydrogen-bond acceptors (Lipinski definition) is 5. The molecular formula is C24H29N5. The molecule has 1 aliphatic heterocycles. The summed E-state index contributed by atoms with van der Waals surface area (Å²) in [6.07, 6.45) is 0. The predicted octanol–water partition coefficient (Wildman–Crippen LogP) is 4.44. The summed E-state index contributed by atoms with van der Waals surface area (Å²) >= 11 is 0. The van der Waals surface area contributed by atoms with Gasteiger partial charge in [-0.05, 0) is 25.6 Å². The first-order chi connectivity index (χ1) is 14.3. The van der Waals surface area contributed by atoms with E-state index in [2.05, 4.69) is 71.0 Å². The highest BCUT2D eigenvalue weighted by molar-refractivity contribution is 5.67. The first-order valence-electron chi connectivity index (χ1n) is 10.5. The molecule has 1 aromatic heterocycles. The Morgan fingerprint density at radius 3 is 2.10 bits per heavy atom. The van der Waals surface area contributed by atoms with Gasteiger partial charge in [-0.1, -0.05) is 55.5 Å². The van der Waals surface area contributed by atoms with Gasteiger partial charge in [-0.25, -0.2) is 9.97 Å². The van der Waals surface area contributed by atoms with Crippen molar-refractivity contribution in [2.45, 2.75) is 13.8 Å². The lowest BCUT2D eigenvalue weighted by molar-refractivity contribution is 0.270. The zero-order valence-corrected chi connectivity index (χ0v) is 17.3. The van der Waals surface area contributed by atoms with E-state index in [1.165, 1.54) is 0 Å². The monoisotopic (exact) mass is 387 g/mol. The van der Waals surface area contributed by atoms with Gasteiger partial charge >= 0.3 is 0 Å². The van der Waals surface area contributed by atoms with Crippen LogP contribution in [0, 0.1) is 0 Å². The molecule has 5 heteroatoms. The molecule has 0 atom stereocenters. The van der Waals surface area contributed by atoms with Gasteiger partial charge < -0.3 is 14.7 Å².